The number of nitrogens with two attached hydrogens (primary N) is 1. The van der Waals surface area contributed by atoms with Crippen molar-refractivity contribution in [2.45, 2.75) is 13.3 Å². The summed E-state index contributed by atoms with van der Waals surface area (Å²) in [4.78, 5) is 21.0. The molecule has 0 fully saturated rings. The fourth-order valence-corrected chi connectivity index (χ4v) is 2.25. The number of carbonyl (C=O) groups excluding carboxylic acids is 1. The van der Waals surface area contributed by atoms with Gasteiger partial charge in [0.1, 0.15) is 0 Å². The van der Waals surface area contributed by atoms with Crippen molar-refractivity contribution >= 4 is 22.4 Å². The van der Waals surface area contributed by atoms with Gasteiger partial charge in [-0.25, -0.2) is 4.98 Å². The highest BCUT2D eigenvalue weighted by molar-refractivity contribution is 7.16. The average molecular weight is 286 g/mol. The van der Waals surface area contributed by atoms with Crippen LogP contribution in [-0.2, 0) is 11.2 Å². The third kappa shape index (κ3) is 3.88. The van der Waals surface area contributed by atoms with Crippen LogP contribution in [-0.4, -0.2) is 22.4 Å². The Kier molecular flexibility index (Phi) is 4.82. The van der Waals surface area contributed by atoms with Crippen molar-refractivity contribution in [3.05, 3.63) is 40.7 Å². The van der Waals surface area contributed by atoms with Gasteiger partial charge in [-0.05, 0) is 18.6 Å². The van der Waals surface area contributed by atoms with Gasteiger partial charge in [0.15, 0.2) is 5.13 Å². The third-order valence-electron chi connectivity index (χ3n) is 2.51. The Balaban J connectivity index is 1.98. The number of amides is 1. The lowest BCUT2D eigenvalue weighted by Crippen LogP contribution is -2.15. The molecule has 3 N–H and O–H groups in total. The van der Waals surface area contributed by atoms with E-state index in [-0.39, 0.29) is 12.3 Å². The summed E-state index contributed by atoms with van der Waals surface area (Å²) in [6.07, 6.45) is 3.53. The highest BCUT2D eigenvalue weighted by atomic mass is 32.1. The molecule has 2 aromatic rings. The first-order chi connectivity index (χ1) is 9.69. The van der Waals surface area contributed by atoms with E-state index in [1.54, 1.807) is 12.4 Å². The molecule has 0 aliphatic rings. The SMILES string of the molecule is Cc1cccnc1CC(=O)Nc1ncc(C#CCN)s1. The molecule has 0 bridgehead atoms. The van der Waals surface area contributed by atoms with Crippen molar-refractivity contribution in [3.63, 3.8) is 0 Å². The van der Waals surface area contributed by atoms with E-state index in [1.807, 2.05) is 19.1 Å². The fourth-order valence-electron chi connectivity index (χ4n) is 1.55. The van der Waals surface area contributed by atoms with Gasteiger partial charge in [-0.1, -0.05) is 29.2 Å². The number of nitrogens with zero attached hydrogens (tertiary/aromatic N) is 2. The molecule has 1 amide bonds. The number of aromatic nitrogens is 2. The van der Waals surface area contributed by atoms with Gasteiger partial charge in [-0.15, -0.1) is 0 Å². The molecule has 0 spiro atoms. The quantitative estimate of drug-likeness (QED) is 0.834. The van der Waals surface area contributed by atoms with Crippen LogP contribution in [0.25, 0.3) is 0 Å². The molecule has 2 heterocycles. The van der Waals surface area contributed by atoms with Crippen LogP contribution in [0.3, 0.4) is 0 Å². The second-order valence-corrected chi connectivity index (χ2v) is 5.06. The lowest BCUT2D eigenvalue weighted by Gasteiger charge is -2.03. The van der Waals surface area contributed by atoms with Crippen LogP contribution in [0.2, 0.25) is 0 Å². The highest BCUT2D eigenvalue weighted by Gasteiger charge is 2.09. The topological polar surface area (TPSA) is 80.9 Å². The molecule has 0 aromatic carbocycles. The summed E-state index contributed by atoms with van der Waals surface area (Å²) < 4.78 is 0. The van der Waals surface area contributed by atoms with E-state index in [1.165, 1.54) is 11.3 Å². The Morgan fingerprint density at radius 1 is 1.50 bits per heavy atom. The number of rotatable bonds is 3. The first kappa shape index (κ1) is 14.2. The standard InChI is InChI=1S/C14H14N4OS/c1-10-4-3-7-16-12(10)8-13(19)18-14-17-9-11(20-14)5-2-6-15/h3-4,7,9H,6,8,15H2,1H3,(H,17,18,19). The number of hydrogen-bond donors (Lipinski definition) is 2. The lowest BCUT2D eigenvalue weighted by molar-refractivity contribution is -0.115. The number of nitrogens with one attached hydrogen (secondary N) is 1. The van der Waals surface area contributed by atoms with Crippen molar-refractivity contribution < 1.29 is 4.79 Å². The molecule has 0 unspecified atom stereocenters. The van der Waals surface area contributed by atoms with Crippen molar-refractivity contribution in [1.29, 1.82) is 0 Å². The molecule has 0 aliphatic carbocycles. The molecule has 0 saturated carbocycles. The van der Waals surface area contributed by atoms with E-state index in [9.17, 15) is 4.79 Å². The maximum absolute atomic E-state index is 11.9. The number of anilines is 1. The maximum Gasteiger partial charge on any atom is 0.232 e. The lowest BCUT2D eigenvalue weighted by atomic mass is 10.1. The number of aryl methyl sites for hydroxylation is 1. The molecule has 2 rings (SSSR count). The van der Waals surface area contributed by atoms with Crippen LogP contribution >= 0.6 is 11.3 Å². The predicted molar refractivity (Wildman–Crippen MR) is 79.4 cm³/mol. The number of hydrogen-bond acceptors (Lipinski definition) is 5. The van der Waals surface area contributed by atoms with Crippen molar-refractivity contribution in [2.75, 3.05) is 11.9 Å². The van der Waals surface area contributed by atoms with Crippen molar-refractivity contribution in [3.8, 4) is 11.8 Å². The Hall–Kier alpha value is -2.23. The Morgan fingerprint density at radius 2 is 2.35 bits per heavy atom. The third-order valence-corrected chi connectivity index (χ3v) is 3.34. The molecule has 6 heteroatoms. The number of carbonyl (C=O) groups is 1. The minimum Gasteiger partial charge on any atom is -0.320 e. The Bertz CT molecular complexity index is 669. The fraction of sp³-hybridized carbons (Fsp3) is 0.214. The summed E-state index contributed by atoms with van der Waals surface area (Å²) >= 11 is 1.32. The first-order valence-electron chi connectivity index (χ1n) is 6.04. The summed E-state index contributed by atoms with van der Waals surface area (Å²) in [6, 6.07) is 3.78. The normalized spacial score (nSPS) is 9.70. The average Bonchev–Trinajstić information content (AvgIpc) is 2.86. The second-order valence-electron chi connectivity index (χ2n) is 4.03. The van der Waals surface area contributed by atoms with Crippen LogP contribution in [0.5, 0.6) is 0 Å². The van der Waals surface area contributed by atoms with E-state index >= 15 is 0 Å². The van der Waals surface area contributed by atoms with Gasteiger partial charge in [0, 0.05) is 6.20 Å². The predicted octanol–water partition coefficient (Wildman–Crippen LogP) is 1.34. The second kappa shape index (κ2) is 6.80. The highest BCUT2D eigenvalue weighted by Crippen LogP contribution is 2.17. The molecular weight excluding hydrogens is 272 g/mol. The Morgan fingerprint density at radius 3 is 3.10 bits per heavy atom. The molecule has 0 radical (unpaired) electrons. The van der Waals surface area contributed by atoms with Crippen LogP contribution in [0.15, 0.2) is 24.5 Å². The molecule has 0 atom stereocenters. The van der Waals surface area contributed by atoms with Gasteiger partial charge in [0.05, 0.1) is 29.7 Å². The van der Waals surface area contributed by atoms with Crippen LogP contribution in [0.1, 0.15) is 16.1 Å². The molecule has 0 saturated heterocycles. The van der Waals surface area contributed by atoms with Gasteiger partial charge in [-0.3, -0.25) is 9.78 Å². The van der Waals surface area contributed by atoms with Crippen molar-refractivity contribution in [1.82, 2.24) is 9.97 Å². The van der Waals surface area contributed by atoms with Crippen LogP contribution in [0.4, 0.5) is 5.13 Å². The van der Waals surface area contributed by atoms with Crippen LogP contribution < -0.4 is 11.1 Å². The maximum atomic E-state index is 11.9. The molecule has 102 valence electrons. The van der Waals surface area contributed by atoms with Gasteiger partial charge >= 0.3 is 0 Å². The summed E-state index contributed by atoms with van der Waals surface area (Å²) in [6.45, 7) is 2.23. The van der Waals surface area contributed by atoms with E-state index in [2.05, 4.69) is 27.1 Å². The summed E-state index contributed by atoms with van der Waals surface area (Å²) in [7, 11) is 0. The molecule has 0 aliphatic heterocycles. The zero-order valence-electron chi connectivity index (χ0n) is 11.0. The monoisotopic (exact) mass is 286 g/mol. The van der Waals surface area contributed by atoms with Gasteiger partial charge in [-0.2, -0.15) is 0 Å². The minimum atomic E-state index is -0.139. The number of thiazole rings is 1. The molecular formula is C14H14N4OS. The largest absolute Gasteiger partial charge is 0.320 e. The van der Waals surface area contributed by atoms with Gasteiger partial charge in [0.2, 0.25) is 5.91 Å². The van der Waals surface area contributed by atoms with E-state index < -0.39 is 0 Å². The zero-order valence-corrected chi connectivity index (χ0v) is 11.8. The molecule has 5 nitrogen and oxygen atoms in total. The minimum absolute atomic E-state index is 0.139. The molecule has 20 heavy (non-hydrogen) atoms. The van der Waals surface area contributed by atoms with E-state index in [4.69, 9.17) is 5.73 Å². The summed E-state index contributed by atoms with van der Waals surface area (Å²) in [5.41, 5.74) is 7.06. The first-order valence-corrected chi connectivity index (χ1v) is 6.86. The Labute approximate surface area is 121 Å². The summed E-state index contributed by atoms with van der Waals surface area (Å²) in [5, 5.41) is 3.28. The summed E-state index contributed by atoms with van der Waals surface area (Å²) in [5.74, 6) is 5.48. The van der Waals surface area contributed by atoms with E-state index in [0.717, 1.165) is 16.1 Å². The van der Waals surface area contributed by atoms with Crippen LogP contribution in [0, 0.1) is 18.8 Å². The van der Waals surface area contributed by atoms with E-state index in [0.29, 0.717) is 11.7 Å². The smallest absolute Gasteiger partial charge is 0.232 e. The molecule has 2 aromatic heterocycles. The zero-order chi connectivity index (χ0) is 14.4. The van der Waals surface area contributed by atoms with Crippen molar-refractivity contribution in [2.24, 2.45) is 5.73 Å². The number of pyridine rings is 1. The van der Waals surface area contributed by atoms with Gasteiger partial charge in [0.25, 0.3) is 0 Å². The van der Waals surface area contributed by atoms with Gasteiger partial charge < -0.3 is 11.1 Å².